The first-order valence-corrected chi connectivity index (χ1v) is 28.2. The lowest BCUT2D eigenvalue weighted by Crippen LogP contribution is -2.42. The summed E-state index contributed by atoms with van der Waals surface area (Å²) in [6.07, 6.45) is 0. The summed E-state index contributed by atoms with van der Waals surface area (Å²) in [4.78, 5) is 65.9. The molecule has 404 valence electrons. The molecule has 0 fully saturated rings. The van der Waals surface area contributed by atoms with E-state index >= 15 is 19.2 Å². The van der Waals surface area contributed by atoms with Gasteiger partial charge in [-0.3, -0.25) is 19.2 Å². The molecule has 0 saturated heterocycles. The van der Waals surface area contributed by atoms with Crippen LogP contribution in [0.15, 0.2) is 182 Å². The number of hydrogen-bond donors (Lipinski definition) is 0. The van der Waals surface area contributed by atoms with Crippen LogP contribution in [-0.4, -0.2) is 23.4 Å². The zero-order valence-corrected chi connectivity index (χ0v) is 46.9. The van der Waals surface area contributed by atoms with Gasteiger partial charge in [-0.05, 0) is 124 Å². The molecular formula is C73H59NO8. The monoisotopic (exact) mass is 1080 g/mol. The quantitative estimate of drug-likeness (QED) is 0.0459. The van der Waals surface area contributed by atoms with Gasteiger partial charge in [-0.15, -0.1) is 0 Å². The third-order valence-electron chi connectivity index (χ3n) is 16.2. The number of rotatable bonds is 14. The minimum Gasteiger partial charge on any atom is -0.457 e. The molecule has 82 heavy (non-hydrogen) atoms. The standard InChI is InChI=1S/C73H59NO8/c1-39(2)47-31-21-32-48(40(3)4)59(47)68-70(75)51-35-55(79-43-23-13-9-14-24-43)62-64-57(81-45-27-17-11-18-28-45)37-53-61-54(73(78)74(72(53)77)69-49(41(5)6)33-22-34-50(69)42(7)8)38-58(82-46-29-19-12-20-30-46)65(67(61)64)63-56(80-44-25-15-10-16-26-44)36-52(71(68)76)60(51)66(62)63/h9-42,68H,1-8H3. The van der Waals surface area contributed by atoms with Crippen molar-refractivity contribution in [1.82, 2.24) is 0 Å². The Labute approximate surface area is 476 Å². The zero-order chi connectivity index (χ0) is 56.8. The minimum atomic E-state index is -1.20. The molecule has 2 aliphatic rings. The van der Waals surface area contributed by atoms with Crippen LogP contribution in [0.25, 0.3) is 43.1 Å². The summed E-state index contributed by atoms with van der Waals surface area (Å²) in [5, 5.41) is 3.55. The van der Waals surface area contributed by atoms with E-state index in [4.69, 9.17) is 18.9 Å². The fraction of sp³-hybridized carbons (Fsp3) is 0.178. The number of hydrogen-bond acceptors (Lipinski definition) is 8. The van der Waals surface area contributed by atoms with Gasteiger partial charge < -0.3 is 18.9 Å². The average molecular weight is 1080 g/mol. The predicted octanol–water partition coefficient (Wildman–Crippen LogP) is 19.4. The molecule has 1 aliphatic carbocycles. The third-order valence-corrected chi connectivity index (χ3v) is 16.2. The van der Waals surface area contributed by atoms with Crippen LogP contribution in [0.2, 0.25) is 0 Å². The van der Waals surface area contributed by atoms with Crippen LogP contribution >= 0.6 is 0 Å². The summed E-state index contributed by atoms with van der Waals surface area (Å²) in [6, 6.07) is 56.3. The van der Waals surface area contributed by atoms with Gasteiger partial charge in [0.05, 0.1) is 16.8 Å². The highest BCUT2D eigenvalue weighted by atomic mass is 16.5. The van der Waals surface area contributed by atoms with Crippen molar-refractivity contribution in [1.29, 1.82) is 0 Å². The highest BCUT2D eigenvalue weighted by molar-refractivity contribution is 6.47. The fourth-order valence-electron chi connectivity index (χ4n) is 12.6. The van der Waals surface area contributed by atoms with E-state index in [0.29, 0.717) is 88.5 Å². The Bertz CT molecular complexity index is 3870. The van der Waals surface area contributed by atoms with Crippen molar-refractivity contribution in [3.05, 3.63) is 232 Å². The molecule has 2 amide bonds. The van der Waals surface area contributed by atoms with Crippen molar-refractivity contribution >= 4 is 72.2 Å². The molecule has 0 N–H and O–H groups in total. The summed E-state index contributed by atoms with van der Waals surface area (Å²) in [7, 11) is 0. The molecule has 13 rings (SSSR count). The molecule has 11 aromatic rings. The van der Waals surface area contributed by atoms with Crippen LogP contribution in [0.1, 0.15) is 154 Å². The number of amides is 2. The Kier molecular flexibility index (Phi) is 12.8. The minimum absolute atomic E-state index is 0.0160. The molecular weight excluding hydrogens is 1020 g/mol. The number of para-hydroxylation sites is 5. The van der Waals surface area contributed by atoms with Crippen LogP contribution in [0, 0.1) is 0 Å². The van der Waals surface area contributed by atoms with E-state index in [2.05, 4.69) is 55.4 Å². The third kappa shape index (κ3) is 8.28. The lowest BCUT2D eigenvalue weighted by Gasteiger charge is -2.34. The number of carbonyl (C=O) groups excluding carboxylic acids is 4. The number of ether oxygens (including phenoxy) is 4. The maximum absolute atomic E-state index is 16.2. The van der Waals surface area contributed by atoms with Gasteiger partial charge in [0.15, 0.2) is 11.6 Å². The zero-order valence-electron chi connectivity index (χ0n) is 46.9. The smallest absolute Gasteiger partial charge is 0.266 e. The summed E-state index contributed by atoms with van der Waals surface area (Å²) in [5.41, 5.74) is 5.83. The second-order valence-electron chi connectivity index (χ2n) is 22.7. The molecule has 0 aromatic heterocycles. The van der Waals surface area contributed by atoms with E-state index in [1.54, 1.807) is 24.3 Å². The molecule has 1 heterocycles. The van der Waals surface area contributed by atoms with Crippen LogP contribution in [-0.2, 0) is 0 Å². The van der Waals surface area contributed by atoms with E-state index in [9.17, 15) is 0 Å². The van der Waals surface area contributed by atoms with Crippen LogP contribution in [0.5, 0.6) is 46.0 Å². The van der Waals surface area contributed by atoms with Gasteiger partial charge in [-0.1, -0.05) is 165 Å². The Balaban J connectivity index is 1.26. The van der Waals surface area contributed by atoms with Crippen molar-refractivity contribution in [2.75, 3.05) is 4.90 Å². The van der Waals surface area contributed by atoms with E-state index in [0.717, 1.165) is 22.3 Å². The van der Waals surface area contributed by atoms with Gasteiger partial charge in [-0.25, -0.2) is 4.90 Å². The normalized spacial score (nSPS) is 13.6. The number of carbonyl (C=O) groups is 4. The highest BCUT2D eigenvalue weighted by Crippen LogP contribution is 2.59. The lowest BCUT2D eigenvalue weighted by atomic mass is 9.70. The molecule has 11 aromatic carbocycles. The lowest BCUT2D eigenvalue weighted by molar-refractivity contribution is 0.0848. The molecule has 1 aliphatic heterocycles. The number of anilines is 1. The van der Waals surface area contributed by atoms with Crippen molar-refractivity contribution in [2.24, 2.45) is 0 Å². The maximum Gasteiger partial charge on any atom is 0.266 e. The first kappa shape index (κ1) is 51.8. The van der Waals surface area contributed by atoms with E-state index in [1.807, 2.05) is 158 Å². The second kappa shape index (κ2) is 20.2. The maximum atomic E-state index is 16.2. The predicted molar refractivity (Wildman–Crippen MR) is 325 cm³/mol. The van der Waals surface area contributed by atoms with Gasteiger partial charge in [0, 0.05) is 54.2 Å². The molecule has 0 atom stereocenters. The van der Waals surface area contributed by atoms with Crippen molar-refractivity contribution < 1.29 is 38.1 Å². The second-order valence-corrected chi connectivity index (χ2v) is 22.7. The Morgan fingerprint density at radius 1 is 0.317 bits per heavy atom. The van der Waals surface area contributed by atoms with Gasteiger partial charge in [-0.2, -0.15) is 0 Å². The first-order valence-electron chi connectivity index (χ1n) is 28.2. The highest BCUT2D eigenvalue weighted by Gasteiger charge is 2.45. The van der Waals surface area contributed by atoms with Gasteiger partial charge >= 0.3 is 0 Å². The SMILES string of the molecule is CC(C)c1cccc(C(C)C)c1C1C(=O)c2cc(Oc3ccccc3)c3c4c(Oc5ccccc5)cc5c6c(cc(Oc7ccccc7)c(c7c(Oc8ccccc8)cc(c2c37)C1=O)c64)C(=O)N(c1c(C(C)C)cccc1C(C)C)C5=O. The van der Waals surface area contributed by atoms with Gasteiger partial charge in [0.25, 0.3) is 11.8 Å². The Hall–Kier alpha value is -9.60. The summed E-state index contributed by atoms with van der Waals surface area (Å²) in [5.74, 6) is -0.164. The van der Waals surface area contributed by atoms with Crippen LogP contribution < -0.4 is 23.8 Å². The van der Waals surface area contributed by atoms with E-state index < -0.39 is 17.7 Å². The molecule has 0 radical (unpaired) electrons. The number of benzene rings is 11. The topological polar surface area (TPSA) is 108 Å². The Morgan fingerprint density at radius 2 is 0.598 bits per heavy atom. The summed E-state index contributed by atoms with van der Waals surface area (Å²) in [6.45, 7) is 16.6. The fourth-order valence-corrected chi connectivity index (χ4v) is 12.6. The largest absolute Gasteiger partial charge is 0.457 e. The number of fused-ring (bicyclic) bond motifs is 2. The van der Waals surface area contributed by atoms with Crippen molar-refractivity contribution in [3.63, 3.8) is 0 Å². The van der Waals surface area contributed by atoms with Crippen LogP contribution in [0.3, 0.4) is 0 Å². The number of ketones is 2. The molecule has 0 spiro atoms. The number of nitrogens with zero attached hydrogens (tertiary/aromatic N) is 1. The number of imide groups is 1. The van der Waals surface area contributed by atoms with Gasteiger partial charge in [0.1, 0.15) is 51.9 Å². The molecule has 9 nitrogen and oxygen atoms in total. The van der Waals surface area contributed by atoms with Crippen molar-refractivity contribution in [3.8, 4) is 46.0 Å². The van der Waals surface area contributed by atoms with Crippen molar-refractivity contribution in [2.45, 2.75) is 85.0 Å². The molecule has 0 bridgehead atoms. The van der Waals surface area contributed by atoms with Crippen LogP contribution in [0.4, 0.5) is 5.69 Å². The van der Waals surface area contributed by atoms with E-state index in [1.165, 1.54) is 4.90 Å². The number of Topliss-reactive ketones (excluding diaryl/α,β-unsaturated/α-hetero) is 2. The average Bonchev–Trinajstić information content (AvgIpc) is 1.49. The van der Waals surface area contributed by atoms with Gasteiger partial charge in [0.2, 0.25) is 0 Å². The molecule has 9 heteroatoms. The summed E-state index contributed by atoms with van der Waals surface area (Å²) < 4.78 is 28.6. The Morgan fingerprint density at radius 3 is 0.902 bits per heavy atom. The summed E-state index contributed by atoms with van der Waals surface area (Å²) >= 11 is 0. The molecule has 0 saturated carbocycles. The molecule has 0 unspecified atom stereocenters. The van der Waals surface area contributed by atoms with E-state index in [-0.39, 0.29) is 69.4 Å². The first-order chi connectivity index (χ1) is 39.7.